The monoisotopic (exact) mass is 247 g/mol. The van der Waals surface area contributed by atoms with Crippen LogP contribution in [0.4, 0.5) is 0 Å². The van der Waals surface area contributed by atoms with Crippen molar-refractivity contribution in [1.29, 1.82) is 0 Å². The Labute approximate surface area is 108 Å². The molecule has 2 aromatic rings. The Balaban J connectivity index is 2.21. The van der Waals surface area contributed by atoms with Crippen LogP contribution in [0.2, 0.25) is 0 Å². The van der Waals surface area contributed by atoms with Gasteiger partial charge in [0.05, 0.1) is 24.3 Å². The lowest BCUT2D eigenvalue weighted by Gasteiger charge is -2.09. The Morgan fingerprint density at radius 1 is 1.33 bits per heavy atom. The third-order valence-electron chi connectivity index (χ3n) is 3.34. The van der Waals surface area contributed by atoms with E-state index >= 15 is 0 Å². The van der Waals surface area contributed by atoms with Gasteiger partial charge in [0, 0.05) is 31.0 Å². The predicted octanol–water partition coefficient (Wildman–Crippen LogP) is 1.39. The van der Waals surface area contributed by atoms with E-state index in [1.807, 2.05) is 24.3 Å². The molecule has 0 unspecified atom stereocenters. The van der Waals surface area contributed by atoms with Gasteiger partial charge in [0.1, 0.15) is 0 Å². The summed E-state index contributed by atoms with van der Waals surface area (Å²) in [6.45, 7) is 8.94. The first-order chi connectivity index (χ1) is 8.63. The molecule has 98 valence electrons. The van der Waals surface area contributed by atoms with Gasteiger partial charge in [0.25, 0.3) is 0 Å². The summed E-state index contributed by atoms with van der Waals surface area (Å²) in [4.78, 5) is 4.23. The van der Waals surface area contributed by atoms with Gasteiger partial charge in [-0.15, -0.1) is 0 Å². The summed E-state index contributed by atoms with van der Waals surface area (Å²) in [6.07, 6.45) is 3.81. The van der Waals surface area contributed by atoms with Crippen LogP contribution in [0.25, 0.3) is 0 Å². The van der Waals surface area contributed by atoms with Crippen LogP contribution >= 0.6 is 0 Å². The van der Waals surface area contributed by atoms with Gasteiger partial charge in [-0.2, -0.15) is 5.10 Å². The number of imidazole rings is 1. The molecular weight excluding hydrogens is 226 g/mol. The van der Waals surface area contributed by atoms with Crippen molar-refractivity contribution in [1.82, 2.24) is 24.6 Å². The molecule has 0 aromatic carbocycles. The van der Waals surface area contributed by atoms with Crippen LogP contribution in [0.3, 0.4) is 0 Å². The van der Waals surface area contributed by atoms with Gasteiger partial charge >= 0.3 is 0 Å². The number of nitrogens with zero attached hydrogens (tertiary/aromatic N) is 4. The van der Waals surface area contributed by atoms with Gasteiger partial charge in [-0.05, 0) is 20.4 Å². The smallest absolute Gasteiger partial charge is 0.0951 e. The Bertz CT molecular complexity index is 523. The molecule has 0 saturated heterocycles. The highest BCUT2D eigenvalue weighted by atomic mass is 15.3. The predicted molar refractivity (Wildman–Crippen MR) is 71.4 cm³/mol. The number of rotatable bonds is 5. The second-order valence-electron chi connectivity index (χ2n) is 4.57. The Morgan fingerprint density at radius 2 is 2.11 bits per heavy atom. The summed E-state index contributed by atoms with van der Waals surface area (Å²) in [5.74, 6) is 0. The maximum absolute atomic E-state index is 4.45. The topological polar surface area (TPSA) is 47.7 Å². The molecule has 1 N–H and O–H groups in total. The van der Waals surface area contributed by atoms with Crippen LogP contribution in [0.1, 0.15) is 29.6 Å². The zero-order valence-corrected chi connectivity index (χ0v) is 11.6. The fourth-order valence-corrected chi connectivity index (χ4v) is 2.11. The molecule has 0 amide bonds. The van der Waals surface area contributed by atoms with Crippen LogP contribution in [0, 0.1) is 13.8 Å². The first kappa shape index (κ1) is 12.8. The second-order valence-corrected chi connectivity index (χ2v) is 4.57. The van der Waals surface area contributed by atoms with E-state index in [0.29, 0.717) is 0 Å². The maximum Gasteiger partial charge on any atom is 0.0951 e. The SMILES string of the molecule is CCNCc1cncn1Cc1c(C)nn(C)c1C. The van der Waals surface area contributed by atoms with Crippen molar-refractivity contribution in [2.24, 2.45) is 7.05 Å². The van der Waals surface area contributed by atoms with E-state index in [9.17, 15) is 0 Å². The lowest BCUT2D eigenvalue weighted by molar-refractivity contribution is 0.654. The molecule has 5 nitrogen and oxygen atoms in total. The summed E-state index contributed by atoms with van der Waals surface area (Å²) in [7, 11) is 1.99. The molecule has 18 heavy (non-hydrogen) atoms. The van der Waals surface area contributed by atoms with Crippen molar-refractivity contribution in [3.63, 3.8) is 0 Å². The molecule has 0 aliphatic rings. The summed E-state index contributed by atoms with van der Waals surface area (Å²) in [6, 6.07) is 0. The number of aryl methyl sites for hydroxylation is 2. The molecule has 0 fully saturated rings. The first-order valence-electron chi connectivity index (χ1n) is 6.32. The lowest BCUT2D eigenvalue weighted by atomic mass is 10.2. The third kappa shape index (κ3) is 2.46. The molecule has 2 rings (SSSR count). The van der Waals surface area contributed by atoms with Gasteiger partial charge in [-0.25, -0.2) is 4.98 Å². The van der Waals surface area contributed by atoms with E-state index in [4.69, 9.17) is 0 Å². The number of hydrogen-bond donors (Lipinski definition) is 1. The van der Waals surface area contributed by atoms with Gasteiger partial charge in [-0.3, -0.25) is 4.68 Å². The van der Waals surface area contributed by atoms with Crippen LogP contribution in [-0.4, -0.2) is 25.9 Å². The minimum atomic E-state index is 0.840. The highest BCUT2D eigenvalue weighted by molar-refractivity contribution is 5.25. The van der Waals surface area contributed by atoms with E-state index in [2.05, 4.69) is 40.7 Å². The van der Waals surface area contributed by atoms with Crippen molar-refractivity contribution in [2.45, 2.75) is 33.9 Å². The fraction of sp³-hybridized carbons (Fsp3) is 0.538. The van der Waals surface area contributed by atoms with Crippen molar-refractivity contribution >= 4 is 0 Å². The summed E-state index contributed by atoms with van der Waals surface area (Å²) in [5.41, 5.74) is 4.81. The average Bonchev–Trinajstić information content (AvgIpc) is 2.87. The molecule has 5 heteroatoms. The van der Waals surface area contributed by atoms with Crippen molar-refractivity contribution < 1.29 is 0 Å². The van der Waals surface area contributed by atoms with Crippen LogP contribution < -0.4 is 5.32 Å². The van der Waals surface area contributed by atoms with Gasteiger partial charge < -0.3 is 9.88 Å². The molecule has 2 heterocycles. The molecule has 0 aliphatic heterocycles. The maximum atomic E-state index is 4.45. The number of aromatic nitrogens is 4. The molecule has 2 aromatic heterocycles. The second kappa shape index (κ2) is 5.35. The van der Waals surface area contributed by atoms with Gasteiger partial charge in [-0.1, -0.05) is 6.92 Å². The molecule has 0 bridgehead atoms. The summed E-state index contributed by atoms with van der Waals surface area (Å²) in [5, 5.41) is 7.78. The lowest BCUT2D eigenvalue weighted by Crippen LogP contribution is -2.15. The molecule has 0 spiro atoms. The average molecular weight is 247 g/mol. The zero-order chi connectivity index (χ0) is 13.1. The minimum absolute atomic E-state index is 0.840. The first-order valence-corrected chi connectivity index (χ1v) is 6.32. The van der Waals surface area contributed by atoms with Crippen LogP contribution in [0.5, 0.6) is 0 Å². The number of hydrogen-bond acceptors (Lipinski definition) is 3. The van der Waals surface area contributed by atoms with E-state index in [1.54, 1.807) is 0 Å². The van der Waals surface area contributed by atoms with E-state index in [-0.39, 0.29) is 0 Å². The zero-order valence-electron chi connectivity index (χ0n) is 11.6. The Morgan fingerprint density at radius 3 is 2.72 bits per heavy atom. The normalized spacial score (nSPS) is 11.1. The molecular formula is C13H21N5. The van der Waals surface area contributed by atoms with Gasteiger partial charge in [0.2, 0.25) is 0 Å². The Hall–Kier alpha value is -1.62. The Kier molecular flexibility index (Phi) is 3.81. The highest BCUT2D eigenvalue weighted by Gasteiger charge is 2.11. The summed E-state index contributed by atoms with van der Waals surface area (Å²) < 4.78 is 4.12. The van der Waals surface area contributed by atoms with Crippen molar-refractivity contribution in [2.75, 3.05) is 6.54 Å². The minimum Gasteiger partial charge on any atom is -0.329 e. The largest absolute Gasteiger partial charge is 0.329 e. The van der Waals surface area contributed by atoms with Crippen LogP contribution in [0.15, 0.2) is 12.5 Å². The quantitative estimate of drug-likeness (QED) is 0.868. The van der Waals surface area contributed by atoms with Crippen LogP contribution in [-0.2, 0) is 20.1 Å². The number of nitrogens with one attached hydrogen (secondary N) is 1. The van der Waals surface area contributed by atoms with E-state index in [1.165, 1.54) is 17.0 Å². The standard InChI is InChI=1S/C13H21N5/c1-5-14-6-12-7-15-9-18(12)8-13-10(2)16-17(4)11(13)3/h7,9,14H,5-6,8H2,1-4H3. The molecule has 0 saturated carbocycles. The molecule has 0 aliphatic carbocycles. The van der Waals surface area contributed by atoms with E-state index < -0.39 is 0 Å². The van der Waals surface area contributed by atoms with Gasteiger partial charge in [0.15, 0.2) is 0 Å². The summed E-state index contributed by atoms with van der Waals surface area (Å²) >= 11 is 0. The molecule has 0 radical (unpaired) electrons. The fourth-order valence-electron chi connectivity index (χ4n) is 2.11. The molecule has 0 atom stereocenters. The van der Waals surface area contributed by atoms with E-state index in [0.717, 1.165) is 25.3 Å². The third-order valence-corrected chi connectivity index (χ3v) is 3.34. The highest BCUT2D eigenvalue weighted by Crippen LogP contribution is 2.14. The van der Waals surface area contributed by atoms with Crippen molar-refractivity contribution in [3.05, 3.63) is 35.2 Å². The van der Waals surface area contributed by atoms with Crippen molar-refractivity contribution in [3.8, 4) is 0 Å².